The SMILES string of the molecule is CC(C)(C)OC(=O)N1CCN(Cc2cc(F)cc(C#N)c2OCOC(=O)C2CC2)CC1. The topological polar surface area (TPSA) is 92.1 Å². The molecule has 9 heteroatoms. The first-order valence-electron chi connectivity index (χ1n) is 10.4. The van der Waals surface area contributed by atoms with Gasteiger partial charge < -0.3 is 19.1 Å². The lowest BCUT2D eigenvalue weighted by molar-refractivity contribution is -0.151. The Balaban J connectivity index is 1.61. The molecule has 1 saturated carbocycles. The van der Waals surface area contributed by atoms with Crippen LogP contribution in [-0.4, -0.2) is 60.4 Å². The highest BCUT2D eigenvalue weighted by molar-refractivity contribution is 5.74. The minimum Gasteiger partial charge on any atom is -0.456 e. The van der Waals surface area contributed by atoms with E-state index >= 15 is 0 Å². The molecule has 1 aromatic rings. The van der Waals surface area contributed by atoms with Crippen molar-refractivity contribution >= 4 is 12.1 Å². The Morgan fingerprint density at radius 3 is 2.45 bits per heavy atom. The van der Waals surface area contributed by atoms with Gasteiger partial charge in [0.1, 0.15) is 23.2 Å². The highest BCUT2D eigenvalue weighted by Gasteiger charge is 2.31. The van der Waals surface area contributed by atoms with Crippen LogP contribution < -0.4 is 4.74 Å². The molecule has 31 heavy (non-hydrogen) atoms. The second kappa shape index (κ2) is 9.52. The van der Waals surface area contributed by atoms with Gasteiger partial charge in [-0.25, -0.2) is 9.18 Å². The van der Waals surface area contributed by atoms with Crippen LogP contribution in [0.1, 0.15) is 44.7 Å². The smallest absolute Gasteiger partial charge is 0.410 e. The van der Waals surface area contributed by atoms with E-state index in [9.17, 15) is 19.2 Å². The first kappa shape index (κ1) is 22.8. The molecule has 8 nitrogen and oxygen atoms in total. The molecule has 3 rings (SSSR count). The Morgan fingerprint density at radius 2 is 1.87 bits per heavy atom. The third-order valence-corrected chi connectivity index (χ3v) is 4.98. The minimum absolute atomic E-state index is 0.0462. The van der Waals surface area contributed by atoms with Crippen LogP contribution in [0.3, 0.4) is 0 Å². The number of carbonyl (C=O) groups is 2. The molecule has 0 bridgehead atoms. The van der Waals surface area contributed by atoms with Crippen LogP contribution in [0, 0.1) is 23.1 Å². The number of nitriles is 1. The highest BCUT2D eigenvalue weighted by Crippen LogP contribution is 2.31. The van der Waals surface area contributed by atoms with Crippen molar-refractivity contribution in [3.05, 3.63) is 29.1 Å². The Labute approximate surface area is 181 Å². The molecular weight excluding hydrogens is 405 g/mol. The molecule has 0 unspecified atom stereocenters. The van der Waals surface area contributed by atoms with Gasteiger partial charge in [0.15, 0.2) is 0 Å². The molecule has 1 aliphatic heterocycles. The van der Waals surface area contributed by atoms with Gasteiger partial charge in [-0.1, -0.05) is 0 Å². The van der Waals surface area contributed by atoms with Crippen molar-refractivity contribution in [3.63, 3.8) is 0 Å². The number of hydrogen-bond donors (Lipinski definition) is 0. The van der Waals surface area contributed by atoms with Crippen molar-refractivity contribution in [2.75, 3.05) is 33.0 Å². The van der Waals surface area contributed by atoms with Crippen LogP contribution >= 0.6 is 0 Å². The van der Waals surface area contributed by atoms with Gasteiger partial charge in [-0.15, -0.1) is 0 Å². The monoisotopic (exact) mass is 433 g/mol. The predicted molar refractivity (Wildman–Crippen MR) is 109 cm³/mol. The molecule has 0 atom stereocenters. The van der Waals surface area contributed by atoms with Crippen molar-refractivity contribution < 1.29 is 28.2 Å². The van der Waals surface area contributed by atoms with Crippen LogP contribution in [0.4, 0.5) is 9.18 Å². The molecule has 1 amide bonds. The zero-order valence-electron chi connectivity index (χ0n) is 18.1. The van der Waals surface area contributed by atoms with E-state index in [1.807, 2.05) is 31.7 Å². The number of nitrogens with zero attached hydrogens (tertiary/aromatic N) is 3. The van der Waals surface area contributed by atoms with Gasteiger partial charge in [0.05, 0.1) is 11.5 Å². The van der Waals surface area contributed by atoms with E-state index in [1.165, 1.54) is 6.07 Å². The van der Waals surface area contributed by atoms with Crippen LogP contribution in [0.25, 0.3) is 0 Å². The summed E-state index contributed by atoms with van der Waals surface area (Å²) < 4.78 is 30.1. The molecule has 0 radical (unpaired) electrons. The van der Waals surface area contributed by atoms with Gasteiger partial charge in [0.2, 0.25) is 6.79 Å². The maximum Gasteiger partial charge on any atom is 0.410 e. The minimum atomic E-state index is -0.557. The summed E-state index contributed by atoms with van der Waals surface area (Å²) in [6, 6.07) is 4.36. The maximum absolute atomic E-state index is 14.1. The van der Waals surface area contributed by atoms with E-state index < -0.39 is 11.4 Å². The summed E-state index contributed by atoms with van der Waals surface area (Å²) >= 11 is 0. The summed E-state index contributed by atoms with van der Waals surface area (Å²) in [6.07, 6.45) is 1.28. The average Bonchev–Trinajstić information content (AvgIpc) is 3.53. The number of amides is 1. The summed E-state index contributed by atoms with van der Waals surface area (Å²) in [7, 11) is 0. The number of benzene rings is 1. The summed E-state index contributed by atoms with van der Waals surface area (Å²) in [6.45, 7) is 7.55. The second-order valence-electron chi connectivity index (χ2n) is 8.80. The number of ether oxygens (including phenoxy) is 3. The summed E-state index contributed by atoms with van der Waals surface area (Å²) in [5, 5.41) is 9.39. The number of esters is 1. The zero-order valence-corrected chi connectivity index (χ0v) is 18.1. The number of halogens is 1. The van der Waals surface area contributed by atoms with Crippen LogP contribution in [0.5, 0.6) is 5.75 Å². The van der Waals surface area contributed by atoms with Gasteiger partial charge >= 0.3 is 12.1 Å². The Hall–Kier alpha value is -2.86. The molecular formula is C22H28FN3O5. The molecule has 1 saturated heterocycles. The van der Waals surface area contributed by atoms with Crippen molar-refractivity contribution in [1.29, 1.82) is 5.26 Å². The molecule has 168 valence electrons. The Kier molecular flexibility index (Phi) is 7.01. The van der Waals surface area contributed by atoms with E-state index in [1.54, 1.807) is 4.90 Å². The molecule has 2 aliphatic rings. The zero-order chi connectivity index (χ0) is 22.6. The third-order valence-electron chi connectivity index (χ3n) is 4.98. The van der Waals surface area contributed by atoms with Gasteiger partial charge in [-0.05, 0) is 45.7 Å². The number of hydrogen-bond acceptors (Lipinski definition) is 7. The lowest BCUT2D eigenvalue weighted by Gasteiger charge is -2.35. The van der Waals surface area contributed by atoms with Crippen molar-refractivity contribution in [1.82, 2.24) is 9.80 Å². The van der Waals surface area contributed by atoms with Gasteiger partial charge in [-0.2, -0.15) is 5.26 Å². The van der Waals surface area contributed by atoms with Crippen molar-refractivity contribution in [2.24, 2.45) is 5.92 Å². The Morgan fingerprint density at radius 1 is 1.19 bits per heavy atom. The normalized spacial score (nSPS) is 17.1. The first-order valence-corrected chi connectivity index (χ1v) is 10.4. The molecule has 0 N–H and O–H groups in total. The molecule has 1 heterocycles. The summed E-state index contributed by atoms with van der Waals surface area (Å²) in [5.41, 5.74) is -0.0202. The lowest BCUT2D eigenvalue weighted by atomic mass is 10.1. The van der Waals surface area contributed by atoms with E-state index in [0.29, 0.717) is 38.3 Å². The standard InChI is InChI=1S/C22H28FN3O5/c1-22(2,3)31-21(28)26-8-6-25(7-9-26)13-17-11-18(23)10-16(12-24)19(17)29-14-30-20(27)15-4-5-15/h10-11,15H,4-9,13-14H2,1-3H3. The Bertz CT molecular complexity index is 865. The predicted octanol–water partition coefficient (Wildman–Crippen LogP) is 3.04. The van der Waals surface area contributed by atoms with Crippen LogP contribution in [0.2, 0.25) is 0 Å². The molecule has 1 aromatic carbocycles. The molecule has 0 aromatic heterocycles. The first-order chi connectivity index (χ1) is 14.7. The van der Waals surface area contributed by atoms with Crippen LogP contribution in [0.15, 0.2) is 12.1 Å². The maximum atomic E-state index is 14.1. The second-order valence-corrected chi connectivity index (χ2v) is 8.80. The van der Waals surface area contributed by atoms with E-state index in [-0.39, 0.29) is 36.1 Å². The van der Waals surface area contributed by atoms with E-state index in [0.717, 1.165) is 18.9 Å². The molecule has 2 fully saturated rings. The van der Waals surface area contributed by atoms with Crippen molar-refractivity contribution in [2.45, 2.75) is 45.8 Å². The number of rotatable bonds is 6. The summed E-state index contributed by atoms with van der Waals surface area (Å²) in [5.74, 6) is -0.711. The van der Waals surface area contributed by atoms with Crippen LogP contribution in [-0.2, 0) is 20.8 Å². The van der Waals surface area contributed by atoms with E-state index in [4.69, 9.17) is 14.2 Å². The largest absolute Gasteiger partial charge is 0.456 e. The molecule has 1 aliphatic carbocycles. The van der Waals surface area contributed by atoms with Gasteiger partial charge in [0, 0.05) is 38.3 Å². The van der Waals surface area contributed by atoms with Gasteiger partial charge in [0.25, 0.3) is 0 Å². The van der Waals surface area contributed by atoms with E-state index in [2.05, 4.69) is 0 Å². The van der Waals surface area contributed by atoms with Crippen molar-refractivity contribution in [3.8, 4) is 11.8 Å². The average molecular weight is 433 g/mol. The molecule has 0 spiro atoms. The fraction of sp³-hybridized carbons (Fsp3) is 0.591. The lowest BCUT2D eigenvalue weighted by Crippen LogP contribution is -2.49. The number of carbonyl (C=O) groups excluding carboxylic acids is 2. The third kappa shape index (κ3) is 6.56. The highest BCUT2D eigenvalue weighted by atomic mass is 19.1. The fourth-order valence-electron chi connectivity index (χ4n) is 3.26. The quantitative estimate of drug-likeness (QED) is 0.503. The summed E-state index contributed by atoms with van der Waals surface area (Å²) in [4.78, 5) is 27.6. The number of piperazine rings is 1. The van der Waals surface area contributed by atoms with Gasteiger partial charge in [-0.3, -0.25) is 9.69 Å². The fourth-order valence-corrected chi connectivity index (χ4v) is 3.26.